The van der Waals surface area contributed by atoms with Gasteiger partial charge in [-0.3, -0.25) is 0 Å². The third kappa shape index (κ3) is 3.89. The Hall–Kier alpha value is -2.46. The van der Waals surface area contributed by atoms with Crippen molar-refractivity contribution < 1.29 is 41.0 Å². The van der Waals surface area contributed by atoms with Gasteiger partial charge in [-0.25, -0.2) is 23.4 Å². The van der Waals surface area contributed by atoms with Gasteiger partial charge in [0.25, 0.3) is 6.43 Å². The van der Waals surface area contributed by atoms with Crippen molar-refractivity contribution >= 4 is 17.6 Å². The molecule has 134 valence electrons. The molecule has 0 aliphatic heterocycles. The zero-order valence-electron chi connectivity index (χ0n) is 12.5. The number of pyridine rings is 1. The number of aromatic nitrogens is 1. The highest BCUT2D eigenvalue weighted by Gasteiger charge is 2.42. The van der Waals surface area contributed by atoms with E-state index in [4.69, 9.17) is 5.73 Å². The second-order valence-electron chi connectivity index (χ2n) is 4.25. The Morgan fingerprint density at radius 2 is 1.54 bits per heavy atom. The Kier molecular flexibility index (Phi) is 6.04. The monoisotopic (exact) mass is 356 g/mol. The second kappa shape index (κ2) is 7.41. The third-order valence-electron chi connectivity index (χ3n) is 2.70. The van der Waals surface area contributed by atoms with Crippen molar-refractivity contribution in [1.82, 2.24) is 4.98 Å². The molecule has 1 heterocycles. The van der Waals surface area contributed by atoms with Crippen molar-refractivity contribution in [3.63, 3.8) is 0 Å². The maximum Gasteiger partial charge on any atom is 0.434 e. The first-order valence-corrected chi connectivity index (χ1v) is 6.59. The van der Waals surface area contributed by atoms with E-state index in [9.17, 15) is 31.5 Å². The fourth-order valence-corrected chi connectivity index (χ4v) is 1.81. The molecular weight excluding hydrogens is 343 g/mol. The minimum Gasteiger partial charge on any atom is -0.462 e. The number of carbonyl (C=O) groups excluding carboxylic acids is 2. The summed E-state index contributed by atoms with van der Waals surface area (Å²) < 4.78 is 74.2. The van der Waals surface area contributed by atoms with Crippen molar-refractivity contribution in [2.45, 2.75) is 26.4 Å². The number of nitrogens with zero attached hydrogens (tertiary/aromatic N) is 1. The van der Waals surface area contributed by atoms with Crippen molar-refractivity contribution in [2.75, 3.05) is 18.9 Å². The number of halogens is 5. The van der Waals surface area contributed by atoms with Crippen LogP contribution in [0, 0.1) is 0 Å². The van der Waals surface area contributed by atoms with E-state index in [0.29, 0.717) is 0 Å². The minimum atomic E-state index is -5.27. The highest BCUT2D eigenvalue weighted by Crippen LogP contribution is 2.38. The summed E-state index contributed by atoms with van der Waals surface area (Å²) in [5, 5.41) is 0. The average molecular weight is 356 g/mol. The Labute approximate surface area is 132 Å². The molecule has 0 saturated heterocycles. The second-order valence-corrected chi connectivity index (χ2v) is 4.25. The van der Waals surface area contributed by atoms with Crippen LogP contribution in [0.15, 0.2) is 0 Å². The molecular formula is C13H13F5N2O4. The lowest BCUT2D eigenvalue weighted by molar-refractivity contribution is -0.142. The van der Waals surface area contributed by atoms with Crippen LogP contribution in [0.1, 0.15) is 52.4 Å². The summed E-state index contributed by atoms with van der Waals surface area (Å²) in [6.07, 6.45) is -8.82. The molecule has 0 spiro atoms. The van der Waals surface area contributed by atoms with E-state index in [0.717, 1.165) is 0 Å². The van der Waals surface area contributed by atoms with Gasteiger partial charge in [0.2, 0.25) is 0 Å². The predicted octanol–water partition coefficient (Wildman–Crippen LogP) is 2.97. The van der Waals surface area contributed by atoms with Gasteiger partial charge >= 0.3 is 18.1 Å². The molecule has 11 heteroatoms. The lowest BCUT2D eigenvalue weighted by Gasteiger charge is -2.18. The molecule has 0 bridgehead atoms. The van der Waals surface area contributed by atoms with Crippen LogP contribution >= 0.6 is 0 Å². The largest absolute Gasteiger partial charge is 0.462 e. The van der Waals surface area contributed by atoms with Gasteiger partial charge in [-0.15, -0.1) is 0 Å². The molecule has 1 aromatic rings. The van der Waals surface area contributed by atoms with Crippen LogP contribution in [-0.4, -0.2) is 30.1 Å². The Bertz CT molecular complexity index is 646. The van der Waals surface area contributed by atoms with Crippen LogP contribution in [0.3, 0.4) is 0 Å². The molecule has 0 aliphatic carbocycles. The van der Waals surface area contributed by atoms with Gasteiger partial charge in [0.05, 0.1) is 18.9 Å². The van der Waals surface area contributed by atoms with Crippen molar-refractivity contribution in [3.05, 3.63) is 22.5 Å². The van der Waals surface area contributed by atoms with Gasteiger partial charge in [-0.1, -0.05) is 0 Å². The van der Waals surface area contributed by atoms with E-state index < -0.39 is 52.7 Å². The molecule has 0 fully saturated rings. The van der Waals surface area contributed by atoms with E-state index in [2.05, 4.69) is 14.5 Å². The molecule has 2 N–H and O–H groups in total. The number of hydrogen-bond donors (Lipinski definition) is 1. The normalized spacial score (nSPS) is 11.5. The first-order valence-electron chi connectivity index (χ1n) is 6.59. The van der Waals surface area contributed by atoms with Gasteiger partial charge in [0.15, 0.2) is 5.69 Å². The summed E-state index contributed by atoms with van der Waals surface area (Å²) in [5.74, 6) is -2.96. The fraction of sp³-hybridized carbons (Fsp3) is 0.462. The van der Waals surface area contributed by atoms with Crippen LogP contribution < -0.4 is 5.73 Å². The summed E-state index contributed by atoms with van der Waals surface area (Å²) in [4.78, 5) is 26.3. The number of alkyl halides is 5. The topological polar surface area (TPSA) is 91.5 Å². The maximum atomic E-state index is 13.1. The predicted molar refractivity (Wildman–Crippen MR) is 70.5 cm³/mol. The molecule has 1 aromatic heterocycles. The highest BCUT2D eigenvalue weighted by atomic mass is 19.4. The summed E-state index contributed by atoms with van der Waals surface area (Å²) in [6, 6.07) is 0. The number of rotatable bonds is 5. The lowest BCUT2D eigenvalue weighted by atomic mass is 10.0. The molecule has 0 amide bonds. The number of carbonyl (C=O) groups is 2. The number of esters is 2. The number of nitrogen functional groups attached to an aromatic ring is 1. The van der Waals surface area contributed by atoms with Gasteiger partial charge in [0, 0.05) is 0 Å². The zero-order valence-corrected chi connectivity index (χ0v) is 12.5. The van der Waals surface area contributed by atoms with Crippen molar-refractivity contribution in [3.8, 4) is 0 Å². The molecule has 0 radical (unpaired) electrons. The molecule has 1 rings (SSSR count). The van der Waals surface area contributed by atoms with Crippen LogP contribution in [-0.2, 0) is 15.7 Å². The summed E-state index contributed by atoms with van der Waals surface area (Å²) in [5.41, 5.74) is -1.60. The van der Waals surface area contributed by atoms with Gasteiger partial charge < -0.3 is 15.2 Å². The maximum absolute atomic E-state index is 13.1. The summed E-state index contributed by atoms with van der Waals surface area (Å²) in [7, 11) is 0. The van der Waals surface area contributed by atoms with E-state index >= 15 is 0 Å². The van der Waals surface area contributed by atoms with Crippen molar-refractivity contribution in [1.29, 1.82) is 0 Å². The van der Waals surface area contributed by atoms with Gasteiger partial charge in [-0.2, -0.15) is 13.2 Å². The highest BCUT2D eigenvalue weighted by molar-refractivity contribution is 6.05. The quantitative estimate of drug-likeness (QED) is 0.644. The standard InChI is InChI=1S/C13H13F5N2O4/c1-3-23-11(21)5-7(19)6(12(22)24-4-2)9(13(16,17)18)20-8(5)10(14)15/h10H,3-4H2,1-2H3,(H2,19,20). The number of hydrogen-bond acceptors (Lipinski definition) is 6. The first-order chi connectivity index (χ1) is 11.1. The lowest BCUT2D eigenvalue weighted by Crippen LogP contribution is -2.24. The number of ether oxygens (including phenoxy) is 2. The van der Waals surface area contributed by atoms with E-state index in [1.54, 1.807) is 0 Å². The zero-order chi connectivity index (χ0) is 18.7. The number of anilines is 1. The minimum absolute atomic E-state index is 0.253. The smallest absolute Gasteiger partial charge is 0.434 e. The van der Waals surface area contributed by atoms with Crippen LogP contribution in [0.2, 0.25) is 0 Å². The van der Waals surface area contributed by atoms with E-state index in [-0.39, 0.29) is 13.2 Å². The van der Waals surface area contributed by atoms with Crippen LogP contribution in [0.4, 0.5) is 27.6 Å². The molecule has 24 heavy (non-hydrogen) atoms. The van der Waals surface area contributed by atoms with Crippen molar-refractivity contribution in [2.24, 2.45) is 0 Å². The Morgan fingerprint density at radius 3 is 1.92 bits per heavy atom. The molecule has 0 aliphatic rings. The van der Waals surface area contributed by atoms with Crippen LogP contribution in [0.25, 0.3) is 0 Å². The van der Waals surface area contributed by atoms with E-state index in [1.807, 2.05) is 0 Å². The molecule has 0 aromatic carbocycles. The SMILES string of the molecule is CCOC(=O)c1c(C(F)F)nc(C(F)(F)F)c(C(=O)OCC)c1N. The third-order valence-corrected chi connectivity index (χ3v) is 2.70. The fourth-order valence-electron chi connectivity index (χ4n) is 1.81. The Morgan fingerprint density at radius 1 is 1.08 bits per heavy atom. The summed E-state index contributed by atoms with van der Waals surface area (Å²) >= 11 is 0. The van der Waals surface area contributed by atoms with Gasteiger partial charge in [-0.05, 0) is 13.8 Å². The molecule has 0 atom stereocenters. The average Bonchev–Trinajstić information content (AvgIpc) is 2.45. The molecule has 0 unspecified atom stereocenters. The number of nitrogens with two attached hydrogens (primary N) is 1. The molecule has 0 saturated carbocycles. The van der Waals surface area contributed by atoms with Crippen LogP contribution in [0.5, 0.6) is 0 Å². The molecule has 6 nitrogen and oxygen atoms in total. The summed E-state index contributed by atoms with van der Waals surface area (Å²) in [6.45, 7) is 2.10. The van der Waals surface area contributed by atoms with E-state index in [1.165, 1.54) is 13.8 Å². The Balaban J connectivity index is 3.81. The first kappa shape index (κ1) is 19.6. The van der Waals surface area contributed by atoms with Gasteiger partial charge in [0.1, 0.15) is 16.8 Å².